The average molecular weight is 849 g/mol. The van der Waals surface area contributed by atoms with Gasteiger partial charge in [-0.15, -0.1) is 0 Å². The zero-order chi connectivity index (χ0) is 44.7. The summed E-state index contributed by atoms with van der Waals surface area (Å²) >= 11 is 0. The van der Waals surface area contributed by atoms with Crippen LogP contribution >= 0.6 is 0 Å². The van der Waals surface area contributed by atoms with Crippen molar-refractivity contribution in [2.45, 2.75) is 27.7 Å². The lowest BCUT2D eigenvalue weighted by atomic mass is 9.92. The molecule has 66 heavy (non-hydrogen) atoms. The highest BCUT2D eigenvalue weighted by Gasteiger charge is 2.18. The van der Waals surface area contributed by atoms with Gasteiger partial charge in [-0.05, 0) is 134 Å². The Morgan fingerprint density at radius 1 is 0.348 bits per heavy atom. The van der Waals surface area contributed by atoms with Crippen LogP contribution in [0.4, 0.5) is 17.1 Å². The Bertz CT molecular complexity index is 3410. The first-order valence-electron chi connectivity index (χ1n) is 22.6. The Morgan fingerprint density at radius 2 is 0.848 bits per heavy atom. The molecule has 0 saturated carbocycles. The Morgan fingerprint density at radius 3 is 1.50 bits per heavy atom. The van der Waals surface area contributed by atoms with E-state index >= 15 is 0 Å². The molecule has 4 heteroatoms. The Hall–Kier alpha value is -8.34. The van der Waals surface area contributed by atoms with Crippen LogP contribution in [0.3, 0.4) is 0 Å². The summed E-state index contributed by atoms with van der Waals surface area (Å²) < 4.78 is 2.39. The molecule has 0 radical (unpaired) electrons. The number of anilines is 3. The summed E-state index contributed by atoms with van der Waals surface area (Å²) in [6.45, 7) is 8.60. The zero-order valence-corrected chi connectivity index (χ0v) is 37.6. The van der Waals surface area contributed by atoms with E-state index in [9.17, 15) is 0 Å². The topological polar surface area (TPSA) is 34.0 Å². The van der Waals surface area contributed by atoms with E-state index in [2.05, 4.69) is 256 Å². The monoisotopic (exact) mass is 848 g/mol. The van der Waals surface area contributed by atoms with Crippen LogP contribution in [0.25, 0.3) is 83.6 Å². The van der Waals surface area contributed by atoms with Crippen LogP contribution < -0.4 is 4.90 Å². The van der Waals surface area contributed by atoms with E-state index in [-0.39, 0.29) is 0 Å². The zero-order valence-electron chi connectivity index (χ0n) is 37.6. The molecule has 4 nitrogen and oxygen atoms in total. The predicted molar refractivity (Wildman–Crippen MR) is 277 cm³/mol. The first-order valence-corrected chi connectivity index (χ1v) is 22.6. The first kappa shape index (κ1) is 40.4. The Labute approximate surface area is 386 Å². The van der Waals surface area contributed by atoms with Crippen LogP contribution in [-0.4, -0.2) is 14.5 Å². The Balaban J connectivity index is 0.894. The van der Waals surface area contributed by atoms with Gasteiger partial charge >= 0.3 is 0 Å². The minimum atomic E-state index is 0.728. The van der Waals surface area contributed by atoms with Gasteiger partial charge < -0.3 is 9.47 Å². The first-order chi connectivity index (χ1) is 32.3. The lowest BCUT2D eigenvalue weighted by Gasteiger charge is -2.25. The highest BCUT2D eigenvalue weighted by Crippen LogP contribution is 2.40. The van der Waals surface area contributed by atoms with Crippen molar-refractivity contribution < 1.29 is 0 Å². The smallest absolute Gasteiger partial charge is 0.160 e. The summed E-state index contributed by atoms with van der Waals surface area (Å²) in [6.07, 6.45) is 0. The van der Waals surface area contributed by atoms with Crippen molar-refractivity contribution in [2.24, 2.45) is 0 Å². The van der Waals surface area contributed by atoms with Crippen LogP contribution in [0.5, 0.6) is 0 Å². The van der Waals surface area contributed by atoms with E-state index < -0.39 is 0 Å². The second kappa shape index (κ2) is 17.0. The number of hydrogen-bond acceptors (Lipinski definition) is 3. The molecule has 0 aliphatic heterocycles. The fourth-order valence-electron chi connectivity index (χ4n) is 9.32. The van der Waals surface area contributed by atoms with E-state index in [1.54, 1.807) is 0 Å². The van der Waals surface area contributed by atoms with E-state index in [0.717, 1.165) is 56.7 Å². The number of para-hydroxylation sites is 3. The van der Waals surface area contributed by atoms with Crippen LogP contribution in [0.1, 0.15) is 22.3 Å². The SMILES string of the molecule is Cc1ccc(-c2cc(-c3cc(C)c(-c4ccc(-c5ccc(-n6c7ccccc7c7cc(N(c8ccccc8)c8ccccc8)ccc76)cc5)cc4)cc3C)nc(-c3ccc(C)cc3)n2)cc1. The van der Waals surface area contributed by atoms with E-state index in [0.29, 0.717) is 0 Å². The summed E-state index contributed by atoms with van der Waals surface area (Å²) in [5, 5.41) is 2.44. The van der Waals surface area contributed by atoms with Crippen LogP contribution in [0.2, 0.25) is 0 Å². The molecule has 0 aliphatic carbocycles. The quantitative estimate of drug-likeness (QED) is 0.145. The highest BCUT2D eigenvalue weighted by atomic mass is 15.1. The van der Waals surface area contributed by atoms with Crippen molar-refractivity contribution in [2.75, 3.05) is 4.90 Å². The maximum atomic E-state index is 5.16. The van der Waals surface area contributed by atoms with Gasteiger partial charge in [0.1, 0.15) is 0 Å². The molecule has 2 heterocycles. The van der Waals surface area contributed by atoms with Gasteiger partial charge in [-0.1, -0.05) is 157 Å². The maximum absolute atomic E-state index is 5.16. The van der Waals surface area contributed by atoms with Crippen molar-refractivity contribution in [3.8, 4) is 61.8 Å². The molecule has 316 valence electrons. The summed E-state index contributed by atoms with van der Waals surface area (Å²) in [5.74, 6) is 0.728. The molecule has 9 aromatic carbocycles. The molecule has 0 aliphatic rings. The van der Waals surface area contributed by atoms with Crippen molar-refractivity contribution in [1.29, 1.82) is 0 Å². The second-order valence-corrected chi connectivity index (χ2v) is 17.4. The normalized spacial score (nSPS) is 11.3. The van der Waals surface area contributed by atoms with E-state index in [1.807, 2.05) is 0 Å². The summed E-state index contributed by atoms with van der Waals surface area (Å²) in [6, 6.07) is 78.5. The lowest BCUT2D eigenvalue weighted by Crippen LogP contribution is -2.09. The van der Waals surface area contributed by atoms with Gasteiger partial charge in [0.15, 0.2) is 5.82 Å². The van der Waals surface area contributed by atoms with Gasteiger partial charge in [0.05, 0.1) is 22.4 Å². The maximum Gasteiger partial charge on any atom is 0.160 e. The van der Waals surface area contributed by atoms with Gasteiger partial charge in [0.2, 0.25) is 0 Å². The fraction of sp³-hybridized carbons (Fsp3) is 0.0645. The van der Waals surface area contributed by atoms with Gasteiger partial charge in [-0.2, -0.15) is 0 Å². The van der Waals surface area contributed by atoms with Gasteiger partial charge in [-0.3, -0.25) is 0 Å². The summed E-state index contributed by atoms with van der Waals surface area (Å²) in [4.78, 5) is 12.6. The molecule has 0 spiro atoms. The van der Waals surface area contributed by atoms with E-state index in [4.69, 9.17) is 9.97 Å². The van der Waals surface area contributed by atoms with Crippen molar-refractivity contribution >= 4 is 38.9 Å². The third-order valence-electron chi connectivity index (χ3n) is 12.8. The highest BCUT2D eigenvalue weighted by molar-refractivity contribution is 6.10. The molecule has 0 bridgehead atoms. The third kappa shape index (κ3) is 7.63. The minimum absolute atomic E-state index is 0.728. The molecule has 0 amide bonds. The standard InChI is InChI=1S/C62H48N4/c1-41-19-23-48(24-20-41)58-40-59(64-62(63-58)49-25-21-42(2)22-26-49)56-38-43(3)55(37-44(56)4)47-29-27-45(28-30-47)46-31-33-52(34-32-46)66-60-18-12-11-17-54(60)57-39-53(35-36-61(57)66)65(50-13-7-5-8-14-50)51-15-9-6-10-16-51/h5-40H,1-4H3. The molecular weight excluding hydrogens is 801 g/mol. The van der Waals surface area contributed by atoms with E-state index in [1.165, 1.54) is 66.3 Å². The minimum Gasteiger partial charge on any atom is -0.310 e. The second-order valence-electron chi connectivity index (χ2n) is 17.4. The van der Waals surface area contributed by atoms with Crippen LogP contribution in [0.15, 0.2) is 218 Å². The third-order valence-corrected chi connectivity index (χ3v) is 12.8. The molecular formula is C62H48N4. The number of benzene rings is 9. The number of aromatic nitrogens is 3. The molecule has 0 atom stereocenters. The largest absolute Gasteiger partial charge is 0.310 e. The molecule has 0 fully saturated rings. The molecule has 0 saturated heterocycles. The molecule has 11 aromatic rings. The van der Waals surface area contributed by atoms with Crippen LogP contribution in [-0.2, 0) is 0 Å². The van der Waals surface area contributed by atoms with Crippen LogP contribution in [0, 0.1) is 27.7 Å². The number of nitrogens with zero attached hydrogens (tertiary/aromatic N) is 4. The molecule has 0 unspecified atom stereocenters. The molecule has 11 rings (SSSR count). The number of fused-ring (bicyclic) bond motifs is 3. The van der Waals surface area contributed by atoms with Crippen molar-refractivity contribution in [3.63, 3.8) is 0 Å². The number of rotatable bonds is 9. The van der Waals surface area contributed by atoms with Crippen molar-refractivity contribution in [3.05, 3.63) is 241 Å². The average Bonchev–Trinajstić information content (AvgIpc) is 3.69. The molecule has 0 N–H and O–H groups in total. The number of aryl methyl sites for hydroxylation is 4. The fourth-order valence-corrected chi connectivity index (χ4v) is 9.32. The van der Waals surface area contributed by atoms with Crippen molar-refractivity contribution in [1.82, 2.24) is 14.5 Å². The van der Waals surface area contributed by atoms with Gasteiger partial charge in [0, 0.05) is 50.2 Å². The van der Waals surface area contributed by atoms with Gasteiger partial charge in [0.25, 0.3) is 0 Å². The number of hydrogen-bond donors (Lipinski definition) is 0. The summed E-state index contributed by atoms with van der Waals surface area (Å²) in [5.41, 5.74) is 21.5. The lowest BCUT2D eigenvalue weighted by molar-refractivity contribution is 1.17. The summed E-state index contributed by atoms with van der Waals surface area (Å²) in [7, 11) is 0. The van der Waals surface area contributed by atoms with Gasteiger partial charge in [-0.25, -0.2) is 9.97 Å². The molecule has 2 aromatic heterocycles. The Kier molecular flexibility index (Phi) is 10.4. The predicted octanol–water partition coefficient (Wildman–Crippen LogP) is 16.6.